The van der Waals surface area contributed by atoms with E-state index in [1.807, 2.05) is 0 Å². The minimum absolute atomic E-state index is 0. The summed E-state index contributed by atoms with van der Waals surface area (Å²) in [4.78, 5) is 15.9. The van der Waals surface area contributed by atoms with Crippen molar-refractivity contribution in [1.29, 1.82) is 0 Å². The van der Waals surface area contributed by atoms with Gasteiger partial charge >= 0.3 is 66.7 Å². The molecule has 0 heterocycles. The molecule has 0 aliphatic carbocycles. The van der Waals surface area contributed by atoms with Crippen LogP contribution in [0.4, 0.5) is 0 Å². The molecular weight excluding hydrogens is 161 g/mol. The van der Waals surface area contributed by atoms with Gasteiger partial charge in [-0.3, -0.25) is 0 Å². The van der Waals surface area contributed by atoms with Crippen LogP contribution in [0.25, 0.3) is 0 Å². The Morgan fingerprint density at radius 1 is 1.33 bits per heavy atom. The van der Waals surface area contributed by atoms with Crippen molar-refractivity contribution in [1.82, 2.24) is 0 Å². The van der Waals surface area contributed by atoms with E-state index in [1.54, 1.807) is 5.66 Å². The van der Waals surface area contributed by atoms with Crippen molar-refractivity contribution >= 4 is 66.7 Å². The molecule has 3 nitrogen and oxygen atoms in total. The predicted molar refractivity (Wildman–Crippen MR) is 39.8 cm³/mol. The van der Waals surface area contributed by atoms with Gasteiger partial charge in [0, 0.05) is 5.66 Å². The fraction of sp³-hybridized carbons (Fsp3) is 0.333. The van der Waals surface area contributed by atoms with Crippen LogP contribution in [0.15, 0.2) is 0 Å². The molecule has 44 valence electrons. The van der Waals surface area contributed by atoms with Gasteiger partial charge in [-0.25, -0.2) is 4.57 Å². The van der Waals surface area contributed by atoms with Crippen LogP contribution < -0.4 is 0 Å². The molecule has 0 bridgehead atoms. The third kappa shape index (κ3) is 17.7. The molecule has 6 heteroatoms. The van der Waals surface area contributed by atoms with Gasteiger partial charge in [-0.1, -0.05) is 5.92 Å². The Kier molecular flexibility index (Phi) is 14.7. The molecular formula is C3H7Na2O3P. The van der Waals surface area contributed by atoms with Gasteiger partial charge in [-0.15, -0.1) is 0 Å². The van der Waals surface area contributed by atoms with E-state index in [9.17, 15) is 4.57 Å². The Labute approximate surface area is 98.3 Å². The SMILES string of the molecule is CC#CP(=O)(O)O.[NaH].[NaH]. The van der Waals surface area contributed by atoms with Gasteiger partial charge in [0.25, 0.3) is 0 Å². The minimum atomic E-state index is -4.03. The summed E-state index contributed by atoms with van der Waals surface area (Å²) >= 11 is 0. The molecule has 0 saturated heterocycles. The van der Waals surface area contributed by atoms with Crippen LogP contribution in [0.3, 0.4) is 0 Å². The molecule has 0 amide bonds. The van der Waals surface area contributed by atoms with E-state index in [0.717, 1.165) is 0 Å². The van der Waals surface area contributed by atoms with Crippen LogP contribution in [0, 0.1) is 11.6 Å². The Morgan fingerprint density at radius 2 is 1.67 bits per heavy atom. The van der Waals surface area contributed by atoms with Gasteiger partial charge in [0.15, 0.2) is 0 Å². The van der Waals surface area contributed by atoms with Gasteiger partial charge in [-0.05, 0) is 6.92 Å². The molecule has 0 aromatic heterocycles. The summed E-state index contributed by atoms with van der Waals surface area (Å²) in [6, 6.07) is 0. The topological polar surface area (TPSA) is 57.5 Å². The fourth-order valence-corrected chi connectivity index (χ4v) is 0.437. The van der Waals surface area contributed by atoms with Gasteiger partial charge in [0.1, 0.15) is 0 Å². The van der Waals surface area contributed by atoms with Crippen LogP contribution in [0.2, 0.25) is 0 Å². The quantitative estimate of drug-likeness (QED) is 0.272. The molecule has 0 spiro atoms. The molecule has 0 aromatic rings. The third-order valence-electron chi connectivity index (χ3n) is 0.257. The van der Waals surface area contributed by atoms with Crippen molar-refractivity contribution in [3.05, 3.63) is 0 Å². The summed E-state index contributed by atoms with van der Waals surface area (Å²) in [5, 5.41) is 0. The standard InChI is InChI=1S/C3H5O3P.2Na.2H/c1-2-3-7(4,5)6;;;;/h1H3,(H2,4,5,6);;;;. The molecule has 0 aliphatic heterocycles. The van der Waals surface area contributed by atoms with E-state index in [2.05, 4.69) is 5.92 Å². The normalized spacial score (nSPS) is 7.44. The number of hydrogen-bond acceptors (Lipinski definition) is 1. The molecule has 9 heavy (non-hydrogen) atoms. The van der Waals surface area contributed by atoms with Crippen molar-refractivity contribution in [2.24, 2.45) is 0 Å². The van der Waals surface area contributed by atoms with Crippen molar-refractivity contribution in [2.75, 3.05) is 0 Å². The van der Waals surface area contributed by atoms with E-state index in [4.69, 9.17) is 9.79 Å². The van der Waals surface area contributed by atoms with E-state index < -0.39 is 7.60 Å². The maximum absolute atomic E-state index is 9.75. The molecule has 0 aliphatic rings. The Morgan fingerprint density at radius 3 is 1.67 bits per heavy atom. The Hall–Kier alpha value is 1.71. The van der Waals surface area contributed by atoms with Crippen molar-refractivity contribution in [3.8, 4) is 11.6 Å². The zero-order chi connectivity index (χ0) is 5.91. The summed E-state index contributed by atoms with van der Waals surface area (Å²) in [6.45, 7) is 1.37. The van der Waals surface area contributed by atoms with Gasteiger partial charge in [0.05, 0.1) is 0 Å². The van der Waals surface area contributed by atoms with Gasteiger partial charge < -0.3 is 9.79 Å². The first-order valence-electron chi connectivity index (χ1n) is 1.56. The summed E-state index contributed by atoms with van der Waals surface area (Å²) in [5.41, 5.74) is 1.70. The van der Waals surface area contributed by atoms with Gasteiger partial charge in [0.2, 0.25) is 0 Å². The second-order valence-electron chi connectivity index (χ2n) is 0.906. The van der Waals surface area contributed by atoms with E-state index in [-0.39, 0.29) is 59.1 Å². The summed E-state index contributed by atoms with van der Waals surface area (Å²) < 4.78 is 9.75. The van der Waals surface area contributed by atoms with Crippen LogP contribution in [0.1, 0.15) is 6.92 Å². The molecule has 2 N–H and O–H groups in total. The van der Waals surface area contributed by atoms with Gasteiger partial charge in [-0.2, -0.15) is 0 Å². The number of hydrogen-bond donors (Lipinski definition) is 2. The molecule has 0 unspecified atom stereocenters. The third-order valence-corrected chi connectivity index (χ3v) is 0.772. The summed E-state index contributed by atoms with van der Waals surface area (Å²) in [5.74, 6) is 2.09. The average Bonchev–Trinajstić information content (AvgIpc) is 1.30. The fourth-order valence-electron chi connectivity index (χ4n) is 0.146. The van der Waals surface area contributed by atoms with Crippen molar-refractivity contribution < 1.29 is 14.4 Å². The van der Waals surface area contributed by atoms with Crippen molar-refractivity contribution in [2.45, 2.75) is 6.92 Å². The molecule has 0 radical (unpaired) electrons. The second kappa shape index (κ2) is 7.81. The van der Waals surface area contributed by atoms with Crippen LogP contribution >= 0.6 is 7.60 Å². The van der Waals surface area contributed by atoms with Crippen LogP contribution in [-0.4, -0.2) is 68.9 Å². The zero-order valence-electron chi connectivity index (χ0n) is 3.75. The average molecular weight is 168 g/mol. The maximum atomic E-state index is 9.75. The summed E-state index contributed by atoms with van der Waals surface area (Å²) in [7, 11) is -4.03. The first-order valence-corrected chi connectivity index (χ1v) is 3.17. The van der Waals surface area contributed by atoms with Crippen LogP contribution in [0.5, 0.6) is 0 Å². The van der Waals surface area contributed by atoms with E-state index >= 15 is 0 Å². The molecule has 0 aromatic carbocycles. The second-order valence-corrected chi connectivity index (χ2v) is 2.22. The Balaban J connectivity index is -0.000000180. The molecule has 0 atom stereocenters. The van der Waals surface area contributed by atoms with Crippen molar-refractivity contribution in [3.63, 3.8) is 0 Å². The summed E-state index contributed by atoms with van der Waals surface area (Å²) in [6.07, 6.45) is 0. The molecule has 0 fully saturated rings. The zero-order valence-corrected chi connectivity index (χ0v) is 4.64. The number of rotatable bonds is 0. The van der Waals surface area contributed by atoms with E-state index in [1.165, 1.54) is 6.92 Å². The van der Waals surface area contributed by atoms with E-state index in [0.29, 0.717) is 0 Å². The first-order chi connectivity index (χ1) is 3.06. The Bertz CT molecular complexity index is 152. The molecule has 0 saturated carbocycles. The predicted octanol–water partition coefficient (Wildman–Crippen LogP) is -1.15. The first kappa shape index (κ1) is 17.0. The molecule has 0 rings (SSSR count). The monoisotopic (exact) mass is 168 g/mol. The van der Waals surface area contributed by atoms with Crippen LogP contribution in [-0.2, 0) is 4.57 Å².